The zero-order valence-electron chi connectivity index (χ0n) is 11.8. The van der Waals surface area contributed by atoms with E-state index in [-0.39, 0.29) is 11.4 Å². The van der Waals surface area contributed by atoms with E-state index in [9.17, 15) is 23.3 Å². The van der Waals surface area contributed by atoms with Crippen LogP contribution in [0.25, 0.3) is 0 Å². The zero-order valence-corrected chi connectivity index (χ0v) is 11.8. The van der Waals surface area contributed by atoms with Crippen LogP contribution in [0.15, 0.2) is 36.4 Å². The second-order valence-electron chi connectivity index (χ2n) is 4.29. The first kappa shape index (κ1) is 16.4. The summed E-state index contributed by atoms with van der Waals surface area (Å²) in [5.74, 6) is -1.16. The fourth-order valence-electron chi connectivity index (χ4n) is 1.84. The Balaban J connectivity index is 2.31. The number of hydrogen-bond donors (Lipinski definition) is 1. The molecule has 0 unspecified atom stereocenters. The minimum Gasteiger partial charge on any atom is -0.494 e. The summed E-state index contributed by atoms with van der Waals surface area (Å²) in [5.41, 5.74) is 0.0625. The molecule has 0 atom stereocenters. The van der Waals surface area contributed by atoms with E-state index in [0.717, 1.165) is 18.2 Å². The molecule has 1 N–H and O–H groups in total. The Hall–Kier alpha value is -2.97. The number of benzene rings is 2. The minimum absolute atomic E-state index is 0.0130. The van der Waals surface area contributed by atoms with Gasteiger partial charge in [0.2, 0.25) is 5.75 Å². The van der Waals surface area contributed by atoms with Crippen LogP contribution in [0, 0.1) is 15.9 Å². The van der Waals surface area contributed by atoms with E-state index < -0.39 is 28.8 Å². The number of ether oxygens (including phenoxy) is 2. The van der Waals surface area contributed by atoms with Crippen LogP contribution in [-0.4, -0.2) is 18.6 Å². The second-order valence-corrected chi connectivity index (χ2v) is 4.29. The third-order valence-electron chi connectivity index (χ3n) is 2.81. The van der Waals surface area contributed by atoms with Crippen molar-refractivity contribution in [3.05, 3.63) is 52.3 Å². The maximum Gasteiger partial charge on any atom is 0.387 e. The first-order valence-corrected chi connectivity index (χ1v) is 6.24. The molecule has 23 heavy (non-hydrogen) atoms. The summed E-state index contributed by atoms with van der Waals surface area (Å²) in [6, 6.07) is 7.30. The molecule has 0 radical (unpaired) electrons. The minimum atomic E-state index is -3.20. The molecule has 9 heteroatoms. The fourth-order valence-corrected chi connectivity index (χ4v) is 1.84. The Morgan fingerprint density at radius 2 is 1.74 bits per heavy atom. The lowest BCUT2D eigenvalue weighted by molar-refractivity contribution is -0.386. The number of nitrogens with zero attached hydrogens (tertiary/aromatic N) is 1. The molecule has 0 spiro atoms. The van der Waals surface area contributed by atoms with Gasteiger partial charge in [-0.25, -0.2) is 4.39 Å². The first-order valence-electron chi connectivity index (χ1n) is 6.24. The van der Waals surface area contributed by atoms with E-state index >= 15 is 0 Å². The zero-order chi connectivity index (χ0) is 17.0. The number of hydrogen-bond acceptors (Lipinski definition) is 5. The van der Waals surface area contributed by atoms with E-state index in [4.69, 9.17) is 4.74 Å². The molecule has 0 bridgehead atoms. The highest BCUT2D eigenvalue weighted by molar-refractivity contribution is 5.66. The van der Waals surface area contributed by atoms with Crippen LogP contribution in [-0.2, 0) is 0 Å². The Morgan fingerprint density at radius 1 is 1.13 bits per heavy atom. The van der Waals surface area contributed by atoms with Crippen molar-refractivity contribution in [1.29, 1.82) is 0 Å². The third kappa shape index (κ3) is 4.02. The van der Waals surface area contributed by atoms with Crippen LogP contribution >= 0.6 is 0 Å². The molecule has 2 aromatic carbocycles. The Kier molecular flexibility index (Phi) is 4.89. The Labute approximate surface area is 128 Å². The molecule has 0 saturated heterocycles. The molecule has 0 saturated carbocycles. The van der Waals surface area contributed by atoms with Gasteiger partial charge in [0.05, 0.1) is 12.0 Å². The van der Waals surface area contributed by atoms with E-state index in [1.165, 1.54) is 25.3 Å². The first-order chi connectivity index (χ1) is 10.9. The van der Waals surface area contributed by atoms with Gasteiger partial charge in [0.1, 0.15) is 0 Å². The largest absolute Gasteiger partial charge is 0.494 e. The number of nitro benzene ring substituents is 1. The van der Waals surface area contributed by atoms with Crippen molar-refractivity contribution < 1.29 is 27.6 Å². The van der Waals surface area contributed by atoms with Gasteiger partial charge in [-0.1, -0.05) is 0 Å². The fraction of sp³-hybridized carbons (Fsp3) is 0.143. The predicted octanol–water partition coefficient (Wildman–Crippen LogP) is 4.09. The van der Waals surface area contributed by atoms with E-state index in [2.05, 4.69) is 10.1 Å². The van der Waals surface area contributed by atoms with Crippen molar-refractivity contribution in [1.82, 2.24) is 0 Å². The average molecular weight is 328 g/mol. The number of nitro groups is 1. The number of nitrogens with one attached hydrogen (secondary N) is 1. The molecular formula is C14H11F3N2O4. The lowest BCUT2D eigenvalue weighted by Crippen LogP contribution is -2.05. The summed E-state index contributed by atoms with van der Waals surface area (Å²) in [4.78, 5) is 9.96. The standard InChI is InChI=1S/C14H11F3N2O4/c1-22-12-6-8(2-4-10(12)15)18-9-3-5-11(19(20)21)13(7-9)23-14(16)17/h2-7,14,18H,1H3. The van der Waals surface area contributed by atoms with Gasteiger partial charge in [0.15, 0.2) is 11.6 Å². The van der Waals surface area contributed by atoms with Crippen LogP contribution < -0.4 is 14.8 Å². The van der Waals surface area contributed by atoms with Gasteiger partial charge >= 0.3 is 12.3 Å². The summed E-state index contributed by atoms with van der Waals surface area (Å²) in [5, 5.41) is 13.6. The van der Waals surface area contributed by atoms with Crippen LogP contribution in [0.1, 0.15) is 0 Å². The van der Waals surface area contributed by atoms with Gasteiger partial charge in [0, 0.05) is 29.6 Å². The topological polar surface area (TPSA) is 73.6 Å². The van der Waals surface area contributed by atoms with Crippen LogP contribution in [0.5, 0.6) is 11.5 Å². The molecule has 6 nitrogen and oxygen atoms in total. The molecular weight excluding hydrogens is 317 g/mol. The van der Waals surface area contributed by atoms with Gasteiger partial charge in [0.25, 0.3) is 0 Å². The number of halogens is 3. The maximum atomic E-state index is 13.3. The normalized spacial score (nSPS) is 10.5. The number of alkyl halides is 2. The van der Waals surface area contributed by atoms with Gasteiger partial charge in [-0.2, -0.15) is 8.78 Å². The van der Waals surface area contributed by atoms with Crippen molar-refractivity contribution in [3.8, 4) is 11.5 Å². The predicted molar refractivity (Wildman–Crippen MR) is 76.0 cm³/mol. The Bertz CT molecular complexity index is 725. The number of methoxy groups -OCH3 is 1. The van der Waals surface area contributed by atoms with Crippen molar-refractivity contribution in [2.24, 2.45) is 0 Å². The summed E-state index contributed by atoms with van der Waals surface area (Å²) < 4.78 is 47.0. The van der Waals surface area contributed by atoms with E-state index in [1.54, 1.807) is 0 Å². The van der Waals surface area contributed by atoms with E-state index in [0.29, 0.717) is 5.69 Å². The summed E-state index contributed by atoms with van der Waals surface area (Å²) in [6.07, 6.45) is 0. The lowest BCUT2D eigenvalue weighted by atomic mass is 10.2. The average Bonchev–Trinajstić information content (AvgIpc) is 2.48. The second kappa shape index (κ2) is 6.86. The molecule has 2 rings (SSSR count). The quantitative estimate of drug-likeness (QED) is 0.639. The highest BCUT2D eigenvalue weighted by atomic mass is 19.3. The third-order valence-corrected chi connectivity index (χ3v) is 2.81. The molecule has 0 aromatic heterocycles. The molecule has 0 amide bonds. The van der Waals surface area contributed by atoms with E-state index in [1.807, 2.05) is 0 Å². The number of anilines is 2. The van der Waals surface area contributed by atoms with Gasteiger partial charge in [-0.3, -0.25) is 10.1 Å². The monoisotopic (exact) mass is 328 g/mol. The van der Waals surface area contributed by atoms with Gasteiger partial charge in [-0.15, -0.1) is 0 Å². The molecule has 0 heterocycles. The van der Waals surface area contributed by atoms with Gasteiger partial charge < -0.3 is 14.8 Å². The van der Waals surface area contributed by atoms with Crippen molar-refractivity contribution in [3.63, 3.8) is 0 Å². The summed E-state index contributed by atoms with van der Waals surface area (Å²) in [6.45, 7) is -3.20. The molecule has 0 fully saturated rings. The summed E-state index contributed by atoms with van der Waals surface area (Å²) >= 11 is 0. The number of rotatable bonds is 6. The van der Waals surface area contributed by atoms with Crippen LogP contribution in [0.2, 0.25) is 0 Å². The lowest BCUT2D eigenvalue weighted by Gasteiger charge is -2.11. The summed E-state index contributed by atoms with van der Waals surface area (Å²) in [7, 11) is 1.29. The Morgan fingerprint density at radius 3 is 2.30 bits per heavy atom. The van der Waals surface area contributed by atoms with Gasteiger partial charge in [-0.05, 0) is 18.2 Å². The SMILES string of the molecule is COc1cc(Nc2ccc([N+](=O)[O-])c(OC(F)F)c2)ccc1F. The van der Waals surface area contributed by atoms with Crippen molar-refractivity contribution >= 4 is 17.1 Å². The maximum absolute atomic E-state index is 13.3. The van der Waals surface area contributed by atoms with Crippen molar-refractivity contribution in [2.45, 2.75) is 6.61 Å². The molecule has 2 aromatic rings. The van der Waals surface area contributed by atoms with Crippen LogP contribution in [0.4, 0.5) is 30.2 Å². The highest BCUT2D eigenvalue weighted by Crippen LogP contribution is 2.33. The molecule has 0 aliphatic carbocycles. The molecule has 0 aliphatic rings. The van der Waals surface area contributed by atoms with Crippen LogP contribution in [0.3, 0.4) is 0 Å². The molecule has 122 valence electrons. The highest BCUT2D eigenvalue weighted by Gasteiger charge is 2.19. The van der Waals surface area contributed by atoms with Crippen molar-refractivity contribution in [2.75, 3.05) is 12.4 Å². The molecule has 0 aliphatic heterocycles. The smallest absolute Gasteiger partial charge is 0.387 e.